The van der Waals surface area contributed by atoms with Crippen LogP contribution >= 0.6 is 0 Å². The van der Waals surface area contributed by atoms with Crippen molar-refractivity contribution < 1.29 is 23.9 Å². The van der Waals surface area contributed by atoms with Crippen LogP contribution < -0.4 is 0 Å². The molecule has 0 aromatic rings. The van der Waals surface area contributed by atoms with Gasteiger partial charge in [0.2, 0.25) is 0 Å². The molecule has 6 heteroatoms. The van der Waals surface area contributed by atoms with Crippen LogP contribution in [0.1, 0.15) is 41.0 Å². The number of amides is 1. The lowest BCUT2D eigenvalue weighted by molar-refractivity contribution is -0.155. The molecule has 1 amide bonds. The van der Waals surface area contributed by atoms with E-state index in [1.54, 1.807) is 34.6 Å². The minimum absolute atomic E-state index is 0.106. The summed E-state index contributed by atoms with van der Waals surface area (Å²) in [6.07, 6.45) is -0.00116. The molecule has 0 spiro atoms. The van der Waals surface area contributed by atoms with Gasteiger partial charge in [-0.3, -0.25) is 9.59 Å². The fourth-order valence-corrected chi connectivity index (χ4v) is 1.44. The molecule has 0 N–H and O–H groups in total. The normalized spacial score (nSPS) is 12.5. The molecule has 0 aromatic carbocycles. The number of hydrogen-bond acceptors (Lipinski definition) is 5. The maximum Gasteiger partial charge on any atom is 0.410 e. The summed E-state index contributed by atoms with van der Waals surface area (Å²) in [5, 5.41) is 0. The average molecular weight is 273 g/mol. The van der Waals surface area contributed by atoms with E-state index in [0.717, 1.165) is 0 Å². The quantitative estimate of drug-likeness (QED) is 0.420. The van der Waals surface area contributed by atoms with Crippen molar-refractivity contribution in [2.75, 3.05) is 13.1 Å². The standard InChI is InChI=1S/C13H23NO5/c1-6-10(11(16)18-9-15)8-14(7-2)12(17)19-13(3,4)5/h9-10H,6-8H2,1-5H3/t10-/m1/s1. The molecular weight excluding hydrogens is 250 g/mol. The van der Waals surface area contributed by atoms with Gasteiger partial charge in [-0.15, -0.1) is 0 Å². The Morgan fingerprint density at radius 2 is 1.84 bits per heavy atom. The van der Waals surface area contributed by atoms with Gasteiger partial charge in [-0.2, -0.15) is 0 Å². The van der Waals surface area contributed by atoms with E-state index in [-0.39, 0.29) is 13.0 Å². The first kappa shape index (κ1) is 17.4. The summed E-state index contributed by atoms with van der Waals surface area (Å²) in [4.78, 5) is 35.0. The Bertz CT molecular complexity index is 321. The van der Waals surface area contributed by atoms with Crippen molar-refractivity contribution in [1.82, 2.24) is 4.90 Å². The van der Waals surface area contributed by atoms with E-state index < -0.39 is 23.6 Å². The summed E-state index contributed by atoms with van der Waals surface area (Å²) in [6, 6.07) is 0. The average Bonchev–Trinajstić information content (AvgIpc) is 2.28. The van der Waals surface area contributed by atoms with E-state index in [1.165, 1.54) is 4.90 Å². The number of rotatable bonds is 6. The van der Waals surface area contributed by atoms with Crippen LogP contribution in [-0.2, 0) is 19.1 Å². The lowest BCUT2D eigenvalue weighted by Gasteiger charge is -2.28. The van der Waals surface area contributed by atoms with E-state index in [0.29, 0.717) is 13.0 Å². The highest BCUT2D eigenvalue weighted by Crippen LogP contribution is 2.13. The smallest absolute Gasteiger partial charge is 0.410 e. The molecular formula is C13H23NO5. The largest absolute Gasteiger partial charge is 0.444 e. The van der Waals surface area contributed by atoms with Crippen LogP contribution in [0.5, 0.6) is 0 Å². The molecule has 0 saturated carbocycles. The van der Waals surface area contributed by atoms with Gasteiger partial charge in [-0.1, -0.05) is 6.92 Å². The molecule has 0 aliphatic heterocycles. The zero-order valence-electron chi connectivity index (χ0n) is 12.3. The van der Waals surface area contributed by atoms with Gasteiger partial charge in [-0.25, -0.2) is 4.79 Å². The molecule has 0 heterocycles. The van der Waals surface area contributed by atoms with E-state index in [1.807, 2.05) is 0 Å². The van der Waals surface area contributed by atoms with Gasteiger partial charge in [-0.05, 0) is 34.1 Å². The van der Waals surface area contributed by atoms with Crippen LogP contribution in [0, 0.1) is 5.92 Å². The van der Waals surface area contributed by atoms with Gasteiger partial charge in [0.05, 0.1) is 5.92 Å². The Hall–Kier alpha value is -1.59. The summed E-state index contributed by atoms with van der Waals surface area (Å²) < 4.78 is 9.56. The van der Waals surface area contributed by atoms with Crippen molar-refractivity contribution in [3.05, 3.63) is 0 Å². The summed E-state index contributed by atoms with van der Waals surface area (Å²) in [5.74, 6) is -1.16. The molecule has 0 aromatic heterocycles. The fourth-order valence-electron chi connectivity index (χ4n) is 1.44. The van der Waals surface area contributed by atoms with Crippen LogP contribution in [0.15, 0.2) is 0 Å². The van der Waals surface area contributed by atoms with Gasteiger partial charge < -0.3 is 14.4 Å². The summed E-state index contributed by atoms with van der Waals surface area (Å²) in [6.45, 7) is 9.61. The molecule has 0 rings (SSSR count). The van der Waals surface area contributed by atoms with Gasteiger partial charge in [0.1, 0.15) is 5.60 Å². The third kappa shape index (κ3) is 6.79. The van der Waals surface area contributed by atoms with Crippen LogP contribution in [0.25, 0.3) is 0 Å². The predicted molar refractivity (Wildman–Crippen MR) is 69.4 cm³/mol. The first-order valence-corrected chi connectivity index (χ1v) is 6.37. The SMILES string of the molecule is CC[C@H](CN(CC)C(=O)OC(C)(C)C)C(=O)OC=O. The molecule has 0 aliphatic rings. The highest BCUT2D eigenvalue weighted by molar-refractivity contribution is 5.79. The third-order valence-electron chi connectivity index (χ3n) is 2.46. The minimum Gasteiger partial charge on any atom is -0.444 e. The number of carbonyl (C=O) groups excluding carboxylic acids is 3. The van der Waals surface area contributed by atoms with Gasteiger partial charge >= 0.3 is 18.5 Å². The van der Waals surface area contributed by atoms with E-state index in [2.05, 4.69) is 4.74 Å². The molecule has 0 fully saturated rings. The van der Waals surface area contributed by atoms with Crippen molar-refractivity contribution in [3.63, 3.8) is 0 Å². The molecule has 0 aliphatic carbocycles. The predicted octanol–water partition coefficient (Wildman–Crippen LogP) is 1.97. The molecule has 110 valence electrons. The lowest BCUT2D eigenvalue weighted by atomic mass is 10.1. The number of hydrogen-bond donors (Lipinski definition) is 0. The first-order valence-electron chi connectivity index (χ1n) is 6.37. The zero-order valence-corrected chi connectivity index (χ0v) is 12.3. The molecule has 0 bridgehead atoms. The molecule has 1 atom stereocenters. The van der Waals surface area contributed by atoms with Crippen LogP contribution in [-0.4, -0.2) is 42.1 Å². The summed E-state index contributed by atoms with van der Waals surface area (Å²) in [7, 11) is 0. The van der Waals surface area contributed by atoms with Crippen LogP contribution in [0.3, 0.4) is 0 Å². The van der Waals surface area contributed by atoms with Crippen molar-refractivity contribution in [2.45, 2.75) is 46.6 Å². The summed E-state index contributed by atoms with van der Waals surface area (Å²) >= 11 is 0. The highest BCUT2D eigenvalue weighted by Gasteiger charge is 2.26. The Kier molecular flexibility index (Phi) is 7.11. The van der Waals surface area contributed by atoms with Crippen molar-refractivity contribution in [2.24, 2.45) is 5.92 Å². The Morgan fingerprint density at radius 1 is 1.26 bits per heavy atom. The second kappa shape index (κ2) is 7.76. The minimum atomic E-state index is -0.625. The molecule has 6 nitrogen and oxygen atoms in total. The van der Waals surface area contributed by atoms with Crippen molar-refractivity contribution in [3.8, 4) is 0 Å². The number of carbonyl (C=O) groups is 3. The second-order valence-corrected chi connectivity index (χ2v) is 5.16. The van der Waals surface area contributed by atoms with Crippen molar-refractivity contribution in [1.29, 1.82) is 0 Å². The van der Waals surface area contributed by atoms with E-state index in [4.69, 9.17) is 4.74 Å². The Labute approximate surface area is 114 Å². The second-order valence-electron chi connectivity index (χ2n) is 5.16. The van der Waals surface area contributed by atoms with Gasteiger partial charge in [0, 0.05) is 13.1 Å². The maximum atomic E-state index is 11.9. The Morgan fingerprint density at radius 3 is 2.21 bits per heavy atom. The lowest BCUT2D eigenvalue weighted by Crippen LogP contribution is -2.41. The zero-order chi connectivity index (χ0) is 15.1. The third-order valence-corrected chi connectivity index (χ3v) is 2.46. The molecule has 0 unspecified atom stereocenters. The fraction of sp³-hybridized carbons (Fsp3) is 0.769. The monoisotopic (exact) mass is 273 g/mol. The van der Waals surface area contributed by atoms with Crippen molar-refractivity contribution >= 4 is 18.5 Å². The number of esters is 1. The van der Waals surface area contributed by atoms with E-state index in [9.17, 15) is 14.4 Å². The van der Waals surface area contributed by atoms with E-state index >= 15 is 0 Å². The molecule has 19 heavy (non-hydrogen) atoms. The maximum absolute atomic E-state index is 11.9. The summed E-state index contributed by atoms with van der Waals surface area (Å²) in [5.41, 5.74) is -0.588. The van der Waals surface area contributed by atoms with Crippen LogP contribution in [0.2, 0.25) is 0 Å². The number of ether oxygens (including phenoxy) is 2. The topological polar surface area (TPSA) is 72.9 Å². The highest BCUT2D eigenvalue weighted by atomic mass is 16.6. The molecule has 0 saturated heterocycles. The van der Waals surface area contributed by atoms with Gasteiger partial charge in [0.15, 0.2) is 0 Å². The first-order chi connectivity index (χ1) is 8.75. The van der Waals surface area contributed by atoms with Crippen LogP contribution in [0.4, 0.5) is 4.79 Å². The number of nitrogens with zero attached hydrogens (tertiary/aromatic N) is 1. The Balaban J connectivity index is 4.64. The van der Waals surface area contributed by atoms with Gasteiger partial charge in [0.25, 0.3) is 0 Å². The molecule has 0 radical (unpaired) electrons.